The summed E-state index contributed by atoms with van der Waals surface area (Å²) >= 11 is 1.96. The predicted molar refractivity (Wildman–Crippen MR) is 78.3 cm³/mol. The van der Waals surface area contributed by atoms with Crippen LogP contribution in [-0.2, 0) is 9.59 Å². The van der Waals surface area contributed by atoms with Crippen LogP contribution in [0.3, 0.4) is 0 Å². The molecule has 2 amide bonds. The molecule has 1 N–H and O–H groups in total. The minimum absolute atomic E-state index is 0.0317. The number of carbonyl (C=O) groups excluding carboxylic acids is 2. The molecule has 0 saturated carbocycles. The number of carbonyl (C=O) groups is 2. The molecule has 1 aromatic carbocycles. The van der Waals surface area contributed by atoms with Crippen LogP contribution in [0.1, 0.15) is 20.3 Å². The second-order valence-electron chi connectivity index (χ2n) is 4.72. The molecule has 4 nitrogen and oxygen atoms in total. The molecule has 1 saturated heterocycles. The van der Waals surface area contributed by atoms with E-state index in [1.54, 1.807) is 6.92 Å². The topological polar surface area (TPSA) is 49.4 Å². The fourth-order valence-electron chi connectivity index (χ4n) is 2.05. The molecule has 1 aromatic rings. The normalized spacial score (nSPS) is 23.5. The Hall–Kier alpha value is -1.18. The summed E-state index contributed by atoms with van der Waals surface area (Å²) in [6, 6.07) is 4.17. The average molecular weight is 376 g/mol. The van der Waals surface area contributed by atoms with Gasteiger partial charge in [0.2, 0.25) is 5.91 Å². The zero-order chi connectivity index (χ0) is 14.2. The molecule has 6 heteroatoms. The molecule has 1 fully saturated rings. The van der Waals surface area contributed by atoms with E-state index in [9.17, 15) is 14.0 Å². The minimum Gasteiger partial charge on any atom is -0.340 e. The van der Waals surface area contributed by atoms with Gasteiger partial charge in [0.25, 0.3) is 5.91 Å². The Labute approximate surface area is 124 Å². The van der Waals surface area contributed by atoms with Gasteiger partial charge in [-0.25, -0.2) is 4.39 Å². The molecule has 0 radical (unpaired) electrons. The van der Waals surface area contributed by atoms with E-state index in [2.05, 4.69) is 5.32 Å². The maximum absolute atomic E-state index is 13.1. The fraction of sp³-hybridized carbons (Fsp3) is 0.385. The molecule has 1 unspecified atom stereocenters. The van der Waals surface area contributed by atoms with Crippen molar-refractivity contribution in [2.75, 3.05) is 11.4 Å². The Morgan fingerprint density at radius 1 is 1.47 bits per heavy atom. The number of nitrogens with one attached hydrogen (secondary N) is 1. The van der Waals surface area contributed by atoms with Crippen LogP contribution >= 0.6 is 22.6 Å². The van der Waals surface area contributed by atoms with Crippen molar-refractivity contribution in [1.29, 1.82) is 0 Å². The maximum atomic E-state index is 13.1. The molecular weight excluding hydrogens is 362 g/mol. The highest BCUT2D eigenvalue weighted by Gasteiger charge is 2.42. The van der Waals surface area contributed by atoms with Crippen LogP contribution in [0.4, 0.5) is 10.1 Å². The maximum Gasteiger partial charge on any atom is 0.252 e. The number of amides is 2. The second-order valence-corrected chi connectivity index (χ2v) is 5.88. The average Bonchev–Trinajstić information content (AvgIpc) is 2.34. The lowest BCUT2D eigenvalue weighted by Crippen LogP contribution is -2.65. The van der Waals surface area contributed by atoms with Gasteiger partial charge >= 0.3 is 0 Å². The molecular formula is C13H14FIN2O2. The van der Waals surface area contributed by atoms with Crippen LogP contribution in [0.25, 0.3) is 0 Å². The van der Waals surface area contributed by atoms with E-state index in [4.69, 9.17) is 0 Å². The number of halogens is 2. The van der Waals surface area contributed by atoms with Crippen molar-refractivity contribution in [2.24, 2.45) is 0 Å². The lowest BCUT2D eigenvalue weighted by atomic mass is 9.94. The van der Waals surface area contributed by atoms with Gasteiger partial charge < -0.3 is 5.32 Å². The predicted octanol–water partition coefficient (Wildman–Crippen LogP) is 2.06. The van der Waals surface area contributed by atoms with E-state index in [1.165, 1.54) is 23.1 Å². The summed E-state index contributed by atoms with van der Waals surface area (Å²) in [4.78, 5) is 25.7. The van der Waals surface area contributed by atoms with Gasteiger partial charge in [-0.15, -0.1) is 0 Å². The van der Waals surface area contributed by atoms with Crippen molar-refractivity contribution in [3.8, 4) is 0 Å². The first kappa shape index (κ1) is 14.2. The summed E-state index contributed by atoms with van der Waals surface area (Å²) in [5.74, 6) is -0.733. The Kier molecular flexibility index (Phi) is 3.80. The zero-order valence-electron chi connectivity index (χ0n) is 10.7. The van der Waals surface area contributed by atoms with Crippen molar-refractivity contribution in [1.82, 2.24) is 5.32 Å². The Bertz CT molecular complexity index is 549. The molecule has 19 heavy (non-hydrogen) atoms. The van der Waals surface area contributed by atoms with E-state index in [0.29, 0.717) is 15.7 Å². The van der Waals surface area contributed by atoms with Crippen LogP contribution < -0.4 is 10.2 Å². The third kappa shape index (κ3) is 2.58. The number of anilines is 1. The van der Waals surface area contributed by atoms with E-state index in [0.717, 1.165) is 0 Å². The summed E-state index contributed by atoms with van der Waals surface area (Å²) in [6.45, 7) is 3.52. The van der Waals surface area contributed by atoms with E-state index < -0.39 is 5.54 Å². The van der Waals surface area contributed by atoms with Crippen molar-refractivity contribution in [3.63, 3.8) is 0 Å². The van der Waals surface area contributed by atoms with Gasteiger partial charge in [0.05, 0.1) is 5.69 Å². The summed E-state index contributed by atoms with van der Waals surface area (Å²) < 4.78 is 13.7. The number of hydrogen-bond donors (Lipinski definition) is 1. The van der Waals surface area contributed by atoms with Crippen molar-refractivity contribution in [3.05, 3.63) is 27.6 Å². The zero-order valence-corrected chi connectivity index (χ0v) is 12.8. The fourth-order valence-corrected chi connectivity index (χ4v) is 2.82. The first-order valence-electron chi connectivity index (χ1n) is 5.95. The molecule has 0 aromatic heterocycles. The number of piperazine rings is 1. The van der Waals surface area contributed by atoms with Gasteiger partial charge in [-0.2, -0.15) is 0 Å². The third-order valence-electron chi connectivity index (χ3n) is 3.34. The first-order chi connectivity index (χ1) is 8.87. The molecule has 2 rings (SSSR count). The van der Waals surface area contributed by atoms with Crippen LogP contribution in [0, 0.1) is 9.39 Å². The third-order valence-corrected chi connectivity index (χ3v) is 4.21. The van der Waals surface area contributed by atoms with Gasteiger partial charge in [-0.05, 0) is 54.1 Å². The van der Waals surface area contributed by atoms with Crippen molar-refractivity contribution in [2.45, 2.75) is 25.8 Å². The van der Waals surface area contributed by atoms with Crippen LogP contribution in [-0.4, -0.2) is 23.9 Å². The summed E-state index contributed by atoms with van der Waals surface area (Å²) in [5.41, 5.74) is -0.325. The van der Waals surface area contributed by atoms with Gasteiger partial charge in [-0.1, -0.05) is 6.92 Å². The number of hydrogen-bond acceptors (Lipinski definition) is 2. The molecule has 0 bridgehead atoms. The van der Waals surface area contributed by atoms with Gasteiger partial charge in [0.1, 0.15) is 17.9 Å². The molecule has 1 aliphatic rings. The van der Waals surface area contributed by atoms with E-state index >= 15 is 0 Å². The molecule has 0 aliphatic carbocycles. The Balaban J connectivity index is 2.43. The first-order valence-corrected chi connectivity index (χ1v) is 7.03. The monoisotopic (exact) mass is 376 g/mol. The largest absolute Gasteiger partial charge is 0.340 e. The number of nitrogens with zero attached hydrogens (tertiary/aromatic N) is 1. The highest BCUT2D eigenvalue weighted by atomic mass is 127. The highest BCUT2D eigenvalue weighted by Crippen LogP contribution is 2.28. The lowest BCUT2D eigenvalue weighted by molar-refractivity contribution is -0.135. The van der Waals surface area contributed by atoms with Gasteiger partial charge in [-0.3, -0.25) is 14.5 Å². The standard InChI is InChI=1S/C13H14FIN2O2/c1-3-13(2)12(19)17(7-11(18)16-13)10-5-4-8(14)6-9(10)15/h4-6H,3,7H2,1-2H3,(H,16,18). The smallest absolute Gasteiger partial charge is 0.252 e. The molecule has 1 heterocycles. The molecule has 0 spiro atoms. The highest BCUT2D eigenvalue weighted by molar-refractivity contribution is 14.1. The molecule has 1 atom stereocenters. The Morgan fingerprint density at radius 3 is 2.74 bits per heavy atom. The van der Waals surface area contributed by atoms with Gasteiger partial charge in [0.15, 0.2) is 0 Å². The number of benzene rings is 1. The SMILES string of the molecule is CCC1(C)NC(=O)CN(c2ccc(F)cc2I)C1=O. The van der Waals surface area contributed by atoms with Crippen molar-refractivity contribution < 1.29 is 14.0 Å². The van der Waals surface area contributed by atoms with Crippen molar-refractivity contribution >= 4 is 40.1 Å². The summed E-state index contributed by atoms with van der Waals surface area (Å²) in [6.07, 6.45) is 0.506. The number of rotatable bonds is 2. The quantitative estimate of drug-likeness (QED) is 0.804. The van der Waals surface area contributed by atoms with Gasteiger partial charge in [0, 0.05) is 3.57 Å². The molecule has 1 aliphatic heterocycles. The Morgan fingerprint density at radius 2 is 2.16 bits per heavy atom. The minimum atomic E-state index is -0.896. The lowest BCUT2D eigenvalue weighted by Gasteiger charge is -2.39. The van der Waals surface area contributed by atoms with E-state index in [-0.39, 0.29) is 24.2 Å². The summed E-state index contributed by atoms with van der Waals surface area (Å²) in [5, 5.41) is 2.72. The van der Waals surface area contributed by atoms with Crippen LogP contribution in [0.2, 0.25) is 0 Å². The van der Waals surface area contributed by atoms with Crippen LogP contribution in [0.5, 0.6) is 0 Å². The second kappa shape index (κ2) is 5.07. The molecule has 102 valence electrons. The van der Waals surface area contributed by atoms with E-state index in [1.807, 2.05) is 29.5 Å². The summed E-state index contributed by atoms with van der Waals surface area (Å²) in [7, 11) is 0. The van der Waals surface area contributed by atoms with Crippen LogP contribution in [0.15, 0.2) is 18.2 Å².